The van der Waals surface area contributed by atoms with Gasteiger partial charge in [-0.05, 0) is 26.0 Å². The van der Waals surface area contributed by atoms with E-state index in [1.54, 1.807) is 18.2 Å². The van der Waals surface area contributed by atoms with Gasteiger partial charge < -0.3 is 4.74 Å². The molecule has 4 nitrogen and oxygen atoms in total. The van der Waals surface area contributed by atoms with E-state index >= 15 is 0 Å². The lowest BCUT2D eigenvalue weighted by molar-refractivity contribution is -0.383. The van der Waals surface area contributed by atoms with Gasteiger partial charge in [0.2, 0.25) is 0 Å². The van der Waals surface area contributed by atoms with Gasteiger partial charge >= 0.3 is 0 Å². The van der Waals surface area contributed by atoms with Crippen molar-refractivity contribution in [2.45, 2.75) is 20.0 Å². The van der Waals surface area contributed by atoms with Crippen LogP contribution in [0.2, 0.25) is 0 Å². The van der Waals surface area contributed by atoms with Gasteiger partial charge in [0.25, 0.3) is 5.69 Å². The van der Waals surface area contributed by atoms with Crippen molar-refractivity contribution in [3.05, 3.63) is 46.5 Å². The molecular formula is C13H13NO3. The molecule has 4 heteroatoms. The lowest BCUT2D eigenvalue weighted by Crippen LogP contribution is -2.06. The first-order valence-corrected chi connectivity index (χ1v) is 5.42. The predicted molar refractivity (Wildman–Crippen MR) is 66.4 cm³/mol. The Morgan fingerprint density at radius 1 is 1.12 bits per heavy atom. The lowest BCUT2D eigenvalue weighted by Gasteiger charge is -2.12. The maximum absolute atomic E-state index is 10.9. The quantitative estimate of drug-likeness (QED) is 0.599. The minimum atomic E-state index is -0.374. The van der Waals surface area contributed by atoms with E-state index in [1.807, 2.05) is 26.0 Å². The fourth-order valence-electron chi connectivity index (χ4n) is 1.77. The van der Waals surface area contributed by atoms with Crippen molar-refractivity contribution in [3.63, 3.8) is 0 Å². The number of fused-ring (bicyclic) bond motifs is 1. The molecule has 0 heterocycles. The molecule has 0 fully saturated rings. The molecule has 0 aliphatic rings. The zero-order valence-electron chi connectivity index (χ0n) is 9.71. The largest absolute Gasteiger partial charge is 0.490 e. The van der Waals surface area contributed by atoms with Gasteiger partial charge in [0.1, 0.15) is 5.75 Å². The Morgan fingerprint density at radius 2 is 1.76 bits per heavy atom. The van der Waals surface area contributed by atoms with Gasteiger partial charge in [0.15, 0.2) is 0 Å². The van der Waals surface area contributed by atoms with Crippen LogP contribution in [0.25, 0.3) is 10.8 Å². The normalized spacial score (nSPS) is 10.8. The summed E-state index contributed by atoms with van der Waals surface area (Å²) in [7, 11) is 0. The van der Waals surface area contributed by atoms with Crippen molar-refractivity contribution in [2.24, 2.45) is 0 Å². The maximum atomic E-state index is 10.9. The van der Waals surface area contributed by atoms with Crippen molar-refractivity contribution in [1.82, 2.24) is 0 Å². The summed E-state index contributed by atoms with van der Waals surface area (Å²) in [4.78, 5) is 10.5. The number of nitrogens with zero attached hydrogens (tertiary/aromatic N) is 1. The van der Waals surface area contributed by atoms with Crippen molar-refractivity contribution >= 4 is 16.5 Å². The van der Waals surface area contributed by atoms with Crippen molar-refractivity contribution < 1.29 is 9.66 Å². The lowest BCUT2D eigenvalue weighted by atomic mass is 10.1. The fourth-order valence-corrected chi connectivity index (χ4v) is 1.77. The highest BCUT2D eigenvalue weighted by molar-refractivity contribution is 5.95. The van der Waals surface area contributed by atoms with Gasteiger partial charge in [0, 0.05) is 11.5 Å². The second-order valence-corrected chi connectivity index (χ2v) is 4.05. The van der Waals surface area contributed by atoms with E-state index in [2.05, 4.69) is 0 Å². The standard InChI is InChI=1S/C13H13NO3/c1-9(2)17-13-8-7-12(14(15)16)10-5-3-4-6-11(10)13/h3-9H,1-2H3. The number of hydrogen-bond acceptors (Lipinski definition) is 3. The van der Waals surface area contributed by atoms with Crippen LogP contribution in [0.1, 0.15) is 13.8 Å². The summed E-state index contributed by atoms with van der Waals surface area (Å²) in [5, 5.41) is 12.3. The summed E-state index contributed by atoms with van der Waals surface area (Å²) in [6.07, 6.45) is 0.0415. The summed E-state index contributed by atoms with van der Waals surface area (Å²) in [6.45, 7) is 3.85. The molecule has 2 aromatic rings. The highest BCUT2D eigenvalue weighted by Gasteiger charge is 2.14. The third-order valence-corrected chi connectivity index (χ3v) is 2.42. The van der Waals surface area contributed by atoms with Crippen LogP contribution in [0.4, 0.5) is 5.69 Å². The Hall–Kier alpha value is -2.10. The minimum absolute atomic E-state index is 0.0415. The molecule has 0 unspecified atom stereocenters. The van der Waals surface area contributed by atoms with E-state index in [9.17, 15) is 10.1 Å². The monoisotopic (exact) mass is 231 g/mol. The van der Waals surface area contributed by atoms with Gasteiger partial charge in [-0.25, -0.2) is 0 Å². The molecule has 0 aliphatic carbocycles. The van der Waals surface area contributed by atoms with Crippen LogP contribution in [0.15, 0.2) is 36.4 Å². The van der Waals surface area contributed by atoms with E-state index in [0.717, 1.165) is 5.39 Å². The molecule has 0 saturated heterocycles. The third kappa shape index (κ3) is 2.20. The molecule has 0 aromatic heterocycles. The number of hydrogen-bond donors (Lipinski definition) is 0. The maximum Gasteiger partial charge on any atom is 0.277 e. The molecule has 17 heavy (non-hydrogen) atoms. The van der Waals surface area contributed by atoms with Crippen LogP contribution in [-0.4, -0.2) is 11.0 Å². The summed E-state index contributed by atoms with van der Waals surface area (Å²) in [6, 6.07) is 10.3. The Bertz CT molecular complexity index is 564. The molecule has 0 saturated carbocycles. The average molecular weight is 231 g/mol. The Balaban J connectivity index is 2.66. The molecule has 0 aliphatic heterocycles. The molecule has 0 spiro atoms. The Morgan fingerprint density at radius 3 is 2.35 bits per heavy atom. The highest BCUT2D eigenvalue weighted by Crippen LogP contribution is 2.33. The molecular weight excluding hydrogens is 218 g/mol. The van der Waals surface area contributed by atoms with Crippen molar-refractivity contribution in [3.8, 4) is 5.75 Å². The average Bonchev–Trinajstić information content (AvgIpc) is 2.28. The first-order valence-electron chi connectivity index (χ1n) is 5.42. The third-order valence-electron chi connectivity index (χ3n) is 2.42. The number of nitro groups is 1. The molecule has 0 bridgehead atoms. The van der Waals surface area contributed by atoms with E-state index in [-0.39, 0.29) is 16.7 Å². The number of nitro benzene ring substituents is 1. The Labute approximate surface area is 99.0 Å². The summed E-state index contributed by atoms with van der Waals surface area (Å²) in [5.41, 5.74) is 0.108. The topological polar surface area (TPSA) is 52.4 Å². The molecule has 0 atom stereocenters. The Kier molecular flexibility index (Phi) is 2.95. The SMILES string of the molecule is CC(C)Oc1ccc([N+](=O)[O-])c2ccccc12. The second-order valence-electron chi connectivity index (χ2n) is 4.05. The smallest absolute Gasteiger partial charge is 0.277 e. The van der Waals surface area contributed by atoms with Crippen LogP contribution in [0.3, 0.4) is 0 Å². The van der Waals surface area contributed by atoms with E-state index in [4.69, 9.17) is 4.74 Å². The zero-order chi connectivity index (χ0) is 12.4. The van der Waals surface area contributed by atoms with Gasteiger partial charge in [-0.2, -0.15) is 0 Å². The zero-order valence-corrected chi connectivity index (χ0v) is 9.71. The minimum Gasteiger partial charge on any atom is -0.490 e. The van der Waals surface area contributed by atoms with Gasteiger partial charge in [-0.1, -0.05) is 18.2 Å². The van der Waals surface area contributed by atoms with Gasteiger partial charge in [0.05, 0.1) is 16.4 Å². The first-order chi connectivity index (χ1) is 8.09. The summed E-state index contributed by atoms with van der Waals surface area (Å²) >= 11 is 0. The second kappa shape index (κ2) is 4.41. The van der Waals surface area contributed by atoms with Crippen LogP contribution >= 0.6 is 0 Å². The first kappa shape index (κ1) is 11.4. The van der Waals surface area contributed by atoms with E-state index < -0.39 is 0 Å². The van der Waals surface area contributed by atoms with Crippen LogP contribution in [-0.2, 0) is 0 Å². The van der Waals surface area contributed by atoms with Crippen LogP contribution in [0.5, 0.6) is 5.75 Å². The summed E-state index contributed by atoms with van der Waals surface area (Å²) < 4.78 is 5.64. The van der Waals surface area contributed by atoms with Crippen LogP contribution in [0, 0.1) is 10.1 Å². The van der Waals surface area contributed by atoms with Crippen LogP contribution < -0.4 is 4.74 Å². The highest BCUT2D eigenvalue weighted by atomic mass is 16.6. The number of ether oxygens (including phenoxy) is 1. The fraction of sp³-hybridized carbons (Fsp3) is 0.231. The molecule has 2 aromatic carbocycles. The molecule has 0 radical (unpaired) electrons. The number of rotatable bonds is 3. The molecule has 0 N–H and O–H groups in total. The van der Waals surface area contributed by atoms with E-state index in [0.29, 0.717) is 11.1 Å². The predicted octanol–water partition coefficient (Wildman–Crippen LogP) is 3.54. The molecule has 0 amide bonds. The van der Waals surface area contributed by atoms with Gasteiger partial charge in [-0.15, -0.1) is 0 Å². The number of benzene rings is 2. The molecule has 2 rings (SSSR count). The van der Waals surface area contributed by atoms with E-state index in [1.165, 1.54) is 6.07 Å². The number of non-ortho nitro benzene ring substituents is 1. The molecule has 88 valence electrons. The van der Waals surface area contributed by atoms with Gasteiger partial charge in [-0.3, -0.25) is 10.1 Å². The summed E-state index contributed by atoms with van der Waals surface area (Å²) in [5.74, 6) is 0.682. The van der Waals surface area contributed by atoms with Crippen molar-refractivity contribution in [1.29, 1.82) is 0 Å². The van der Waals surface area contributed by atoms with Crippen molar-refractivity contribution in [2.75, 3.05) is 0 Å².